The van der Waals surface area contributed by atoms with Crippen LogP contribution in [0.25, 0.3) is 11.3 Å². The molecule has 0 saturated carbocycles. The van der Waals surface area contributed by atoms with Crippen molar-refractivity contribution in [3.8, 4) is 17.0 Å². The molecule has 2 N–H and O–H groups in total. The van der Waals surface area contributed by atoms with Crippen molar-refractivity contribution in [3.05, 3.63) is 36.3 Å². The third-order valence-electron chi connectivity index (χ3n) is 3.19. The van der Waals surface area contributed by atoms with Crippen molar-refractivity contribution in [2.75, 3.05) is 0 Å². The highest BCUT2D eigenvalue weighted by atomic mass is 16.3. The van der Waals surface area contributed by atoms with Crippen molar-refractivity contribution in [1.29, 1.82) is 0 Å². The van der Waals surface area contributed by atoms with Crippen LogP contribution in [0.3, 0.4) is 0 Å². The summed E-state index contributed by atoms with van der Waals surface area (Å²) in [6, 6.07) is 7.10. The van der Waals surface area contributed by atoms with Crippen LogP contribution in [0.15, 0.2) is 30.5 Å². The molecule has 0 fully saturated rings. The van der Waals surface area contributed by atoms with E-state index in [1.165, 1.54) is 0 Å². The summed E-state index contributed by atoms with van der Waals surface area (Å²) in [5, 5.41) is 19.3. The maximum atomic E-state index is 9.84. The quantitative estimate of drug-likeness (QED) is 0.788. The zero-order valence-corrected chi connectivity index (χ0v) is 9.37. The van der Waals surface area contributed by atoms with Gasteiger partial charge < -0.3 is 14.8 Å². The number of fused-ring (bicyclic) bond motifs is 1. The maximum absolute atomic E-state index is 9.84. The van der Waals surface area contributed by atoms with Gasteiger partial charge in [0, 0.05) is 12.1 Å². The molecule has 3 rings (SSSR count). The first-order valence-electron chi connectivity index (χ1n) is 5.78. The molecule has 2 heterocycles. The van der Waals surface area contributed by atoms with Crippen LogP contribution in [0.1, 0.15) is 24.8 Å². The number of aromatic hydroxyl groups is 1. The smallest absolute Gasteiger partial charge is 0.138 e. The molecule has 1 aromatic carbocycles. The maximum Gasteiger partial charge on any atom is 0.138 e. The minimum Gasteiger partial charge on any atom is -0.508 e. The second-order valence-electron chi connectivity index (χ2n) is 4.36. The molecule has 0 radical (unpaired) electrons. The van der Waals surface area contributed by atoms with Crippen LogP contribution in [0.5, 0.6) is 5.75 Å². The Bertz CT molecular complexity index is 548. The van der Waals surface area contributed by atoms with E-state index in [2.05, 4.69) is 4.98 Å². The molecule has 1 aliphatic rings. The fraction of sp³-hybridized carbons (Fsp3) is 0.308. The lowest BCUT2D eigenvalue weighted by Gasteiger charge is -2.20. The van der Waals surface area contributed by atoms with Gasteiger partial charge in [-0.15, -0.1) is 0 Å². The fourth-order valence-electron chi connectivity index (χ4n) is 2.36. The molecule has 1 atom stereocenters. The zero-order chi connectivity index (χ0) is 11.8. The van der Waals surface area contributed by atoms with E-state index >= 15 is 0 Å². The van der Waals surface area contributed by atoms with Crippen LogP contribution in [0.4, 0.5) is 0 Å². The summed E-state index contributed by atoms with van der Waals surface area (Å²) >= 11 is 0. The molecule has 1 unspecified atom stereocenters. The SMILES string of the molecule is Oc1cccc(-c2cnc3n2CCCC3O)c1. The summed E-state index contributed by atoms with van der Waals surface area (Å²) in [6.45, 7) is 0.872. The van der Waals surface area contributed by atoms with Gasteiger partial charge in [-0.3, -0.25) is 0 Å². The van der Waals surface area contributed by atoms with Crippen molar-refractivity contribution in [3.63, 3.8) is 0 Å². The lowest BCUT2D eigenvalue weighted by molar-refractivity contribution is 0.134. The largest absolute Gasteiger partial charge is 0.508 e. The number of hydrogen-bond donors (Lipinski definition) is 2. The monoisotopic (exact) mass is 230 g/mol. The van der Waals surface area contributed by atoms with E-state index in [0.717, 1.165) is 36.5 Å². The van der Waals surface area contributed by atoms with E-state index in [1.54, 1.807) is 18.3 Å². The van der Waals surface area contributed by atoms with Crippen molar-refractivity contribution in [1.82, 2.24) is 9.55 Å². The highest BCUT2D eigenvalue weighted by Crippen LogP contribution is 2.30. The number of phenols is 1. The van der Waals surface area contributed by atoms with Gasteiger partial charge in [0.25, 0.3) is 0 Å². The zero-order valence-electron chi connectivity index (χ0n) is 9.37. The van der Waals surface area contributed by atoms with E-state index in [-0.39, 0.29) is 5.75 Å². The van der Waals surface area contributed by atoms with Gasteiger partial charge in [0.2, 0.25) is 0 Å². The van der Waals surface area contributed by atoms with Crippen LogP contribution in [-0.4, -0.2) is 19.8 Å². The van der Waals surface area contributed by atoms with Gasteiger partial charge in [-0.2, -0.15) is 0 Å². The summed E-state index contributed by atoms with van der Waals surface area (Å²) in [6.07, 6.45) is 3.03. The molecular formula is C13H14N2O2. The average molecular weight is 230 g/mol. The molecule has 0 aliphatic carbocycles. The number of aromatic nitrogens is 2. The van der Waals surface area contributed by atoms with E-state index in [9.17, 15) is 10.2 Å². The fourth-order valence-corrected chi connectivity index (χ4v) is 2.36. The molecular weight excluding hydrogens is 216 g/mol. The molecule has 1 aliphatic heterocycles. The number of aliphatic hydroxyl groups is 1. The topological polar surface area (TPSA) is 58.3 Å². The molecule has 0 saturated heterocycles. The van der Waals surface area contributed by atoms with Crippen molar-refractivity contribution < 1.29 is 10.2 Å². The van der Waals surface area contributed by atoms with Gasteiger partial charge in [-0.05, 0) is 25.0 Å². The van der Waals surface area contributed by atoms with Gasteiger partial charge >= 0.3 is 0 Å². The predicted molar refractivity (Wildman–Crippen MR) is 63.5 cm³/mol. The van der Waals surface area contributed by atoms with Gasteiger partial charge in [-0.25, -0.2) is 4.98 Å². The Morgan fingerprint density at radius 1 is 1.35 bits per heavy atom. The average Bonchev–Trinajstić information content (AvgIpc) is 2.74. The molecule has 4 heteroatoms. The Morgan fingerprint density at radius 2 is 2.24 bits per heavy atom. The Labute approximate surface area is 99.2 Å². The molecule has 0 bridgehead atoms. The van der Waals surface area contributed by atoms with Crippen molar-refractivity contribution in [2.45, 2.75) is 25.5 Å². The van der Waals surface area contributed by atoms with Gasteiger partial charge in [-0.1, -0.05) is 12.1 Å². The van der Waals surface area contributed by atoms with Gasteiger partial charge in [0.15, 0.2) is 0 Å². The number of aliphatic hydroxyl groups excluding tert-OH is 1. The first-order valence-corrected chi connectivity index (χ1v) is 5.78. The number of benzene rings is 1. The molecule has 0 amide bonds. The highest BCUT2D eigenvalue weighted by molar-refractivity contribution is 5.61. The van der Waals surface area contributed by atoms with E-state index in [4.69, 9.17) is 0 Å². The highest BCUT2D eigenvalue weighted by Gasteiger charge is 2.22. The van der Waals surface area contributed by atoms with E-state index < -0.39 is 6.10 Å². The third-order valence-corrected chi connectivity index (χ3v) is 3.19. The summed E-state index contributed by atoms with van der Waals surface area (Å²) < 4.78 is 2.03. The minimum absolute atomic E-state index is 0.245. The van der Waals surface area contributed by atoms with Gasteiger partial charge in [0.05, 0.1) is 11.9 Å². The Balaban J connectivity index is 2.10. The van der Waals surface area contributed by atoms with Crippen LogP contribution in [0.2, 0.25) is 0 Å². The Hall–Kier alpha value is -1.81. The molecule has 1 aromatic heterocycles. The summed E-state index contributed by atoms with van der Waals surface area (Å²) in [5.74, 6) is 0.976. The number of nitrogens with zero attached hydrogens (tertiary/aromatic N) is 2. The van der Waals surface area contributed by atoms with Gasteiger partial charge in [0.1, 0.15) is 17.7 Å². The van der Waals surface area contributed by atoms with Crippen molar-refractivity contribution >= 4 is 0 Å². The number of hydrogen-bond acceptors (Lipinski definition) is 3. The van der Waals surface area contributed by atoms with Crippen LogP contribution in [0, 0.1) is 0 Å². The second-order valence-corrected chi connectivity index (χ2v) is 4.36. The second kappa shape index (κ2) is 3.89. The Kier molecular flexibility index (Phi) is 2.37. The van der Waals surface area contributed by atoms with Crippen LogP contribution < -0.4 is 0 Å². The first-order chi connectivity index (χ1) is 8.25. The Morgan fingerprint density at radius 3 is 3.06 bits per heavy atom. The molecule has 17 heavy (non-hydrogen) atoms. The standard InChI is InChI=1S/C13H14N2O2/c16-10-4-1-3-9(7-10)11-8-14-13-12(17)5-2-6-15(11)13/h1,3-4,7-8,12,16-17H,2,5-6H2. The molecule has 2 aromatic rings. The predicted octanol–water partition coefficient (Wildman–Crippen LogP) is 2.08. The van der Waals surface area contributed by atoms with Crippen LogP contribution in [-0.2, 0) is 6.54 Å². The summed E-state index contributed by atoms with van der Waals surface area (Å²) in [4.78, 5) is 4.28. The lowest BCUT2D eigenvalue weighted by atomic mass is 10.1. The number of phenolic OH excluding ortho intramolecular Hbond substituents is 1. The van der Waals surface area contributed by atoms with Crippen LogP contribution >= 0.6 is 0 Å². The molecule has 88 valence electrons. The first kappa shape index (κ1) is 10.4. The summed E-state index contributed by atoms with van der Waals surface area (Å²) in [7, 11) is 0. The van der Waals surface area contributed by atoms with Crippen molar-refractivity contribution in [2.24, 2.45) is 0 Å². The number of rotatable bonds is 1. The summed E-state index contributed by atoms with van der Waals surface area (Å²) in [5.41, 5.74) is 1.88. The lowest BCUT2D eigenvalue weighted by Crippen LogP contribution is -2.16. The van der Waals surface area contributed by atoms with E-state index in [1.807, 2.05) is 16.7 Å². The molecule has 0 spiro atoms. The third kappa shape index (κ3) is 1.70. The minimum atomic E-state index is -0.463. The number of imidazole rings is 1. The molecule has 4 nitrogen and oxygen atoms in total. The van der Waals surface area contributed by atoms with E-state index in [0.29, 0.717) is 0 Å². The normalized spacial score (nSPS) is 19.0.